The first-order chi connectivity index (χ1) is 8.08. The molecule has 0 bridgehead atoms. The standard InChI is InChI=1S/C16H17Cl/c1-11(2)14-5-4-12(3)16(10-14)13-6-8-15(17)9-7-13/h4,6-10,14H,1,5H2,2-3H3/t14-/m0/s1. The lowest BCUT2D eigenvalue weighted by Gasteiger charge is -2.20. The second kappa shape index (κ2) is 4.93. The Morgan fingerprint density at radius 2 is 1.94 bits per heavy atom. The van der Waals surface area contributed by atoms with E-state index in [1.807, 2.05) is 12.1 Å². The fraction of sp³-hybridized carbons (Fsp3) is 0.250. The molecule has 0 aromatic heterocycles. The summed E-state index contributed by atoms with van der Waals surface area (Å²) in [5.41, 5.74) is 5.10. The van der Waals surface area contributed by atoms with Gasteiger partial charge in [-0.25, -0.2) is 0 Å². The predicted octanol–water partition coefficient (Wildman–Crippen LogP) is 5.27. The molecule has 1 aromatic rings. The fourth-order valence-corrected chi connectivity index (χ4v) is 2.24. The topological polar surface area (TPSA) is 0 Å². The lowest BCUT2D eigenvalue weighted by molar-refractivity contribution is 0.768. The van der Waals surface area contributed by atoms with Crippen LogP contribution in [0.2, 0.25) is 5.02 Å². The number of halogens is 1. The molecule has 1 aliphatic rings. The first-order valence-corrected chi connectivity index (χ1v) is 6.26. The normalized spacial score (nSPS) is 19.6. The van der Waals surface area contributed by atoms with Crippen LogP contribution in [-0.2, 0) is 0 Å². The molecule has 1 heteroatoms. The minimum atomic E-state index is 0.462. The van der Waals surface area contributed by atoms with Gasteiger partial charge in [-0.1, -0.05) is 48.0 Å². The molecule has 0 radical (unpaired) electrons. The van der Waals surface area contributed by atoms with Crippen molar-refractivity contribution in [3.05, 3.63) is 64.7 Å². The van der Waals surface area contributed by atoms with Crippen LogP contribution in [0.15, 0.2) is 54.1 Å². The molecule has 0 fully saturated rings. The fourth-order valence-electron chi connectivity index (χ4n) is 2.11. The number of hydrogen-bond donors (Lipinski definition) is 0. The smallest absolute Gasteiger partial charge is 0.0406 e. The third-order valence-corrected chi connectivity index (χ3v) is 3.51. The summed E-state index contributed by atoms with van der Waals surface area (Å²) in [4.78, 5) is 0. The highest BCUT2D eigenvalue weighted by Gasteiger charge is 2.14. The van der Waals surface area contributed by atoms with Crippen LogP contribution in [0, 0.1) is 5.92 Å². The molecule has 0 spiro atoms. The molecule has 0 aliphatic heterocycles. The van der Waals surface area contributed by atoms with E-state index < -0.39 is 0 Å². The van der Waals surface area contributed by atoms with Gasteiger partial charge in [-0.15, -0.1) is 0 Å². The van der Waals surface area contributed by atoms with Gasteiger partial charge >= 0.3 is 0 Å². The summed E-state index contributed by atoms with van der Waals surface area (Å²) >= 11 is 5.92. The van der Waals surface area contributed by atoms with Gasteiger partial charge in [0.2, 0.25) is 0 Å². The highest BCUT2D eigenvalue weighted by molar-refractivity contribution is 6.30. The van der Waals surface area contributed by atoms with Crippen molar-refractivity contribution in [2.45, 2.75) is 20.3 Å². The summed E-state index contributed by atoms with van der Waals surface area (Å²) in [6.45, 7) is 8.31. The molecule has 0 N–H and O–H groups in total. The van der Waals surface area contributed by atoms with E-state index in [1.165, 1.54) is 22.3 Å². The van der Waals surface area contributed by atoms with Crippen LogP contribution >= 0.6 is 11.6 Å². The van der Waals surface area contributed by atoms with Crippen molar-refractivity contribution in [1.82, 2.24) is 0 Å². The molecule has 88 valence electrons. The van der Waals surface area contributed by atoms with Gasteiger partial charge in [0.25, 0.3) is 0 Å². The Bertz CT molecular complexity index is 489. The minimum Gasteiger partial charge on any atom is -0.0995 e. The van der Waals surface area contributed by atoms with Gasteiger partial charge in [0.05, 0.1) is 0 Å². The molecule has 17 heavy (non-hydrogen) atoms. The van der Waals surface area contributed by atoms with Gasteiger partial charge in [-0.05, 0) is 49.1 Å². The zero-order valence-corrected chi connectivity index (χ0v) is 11.1. The molecule has 0 nitrogen and oxygen atoms in total. The van der Waals surface area contributed by atoms with Crippen molar-refractivity contribution in [1.29, 1.82) is 0 Å². The van der Waals surface area contributed by atoms with Crippen LogP contribution in [-0.4, -0.2) is 0 Å². The van der Waals surface area contributed by atoms with Gasteiger partial charge in [0.15, 0.2) is 0 Å². The largest absolute Gasteiger partial charge is 0.0995 e. The van der Waals surface area contributed by atoms with Gasteiger partial charge in [0.1, 0.15) is 0 Å². The molecule has 1 atom stereocenters. The molecule has 0 saturated heterocycles. The van der Waals surface area contributed by atoms with E-state index in [0.29, 0.717) is 5.92 Å². The van der Waals surface area contributed by atoms with Crippen LogP contribution in [0.25, 0.3) is 5.57 Å². The van der Waals surface area contributed by atoms with Crippen molar-refractivity contribution in [2.24, 2.45) is 5.92 Å². The molecular weight excluding hydrogens is 228 g/mol. The van der Waals surface area contributed by atoms with Crippen molar-refractivity contribution in [3.8, 4) is 0 Å². The molecule has 1 aliphatic carbocycles. The van der Waals surface area contributed by atoms with E-state index in [-0.39, 0.29) is 0 Å². The van der Waals surface area contributed by atoms with Gasteiger partial charge in [0, 0.05) is 10.9 Å². The molecule has 0 heterocycles. The van der Waals surface area contributed by atoms with Crippen molar-refractivity contribution >= 4 is 17.2 Å². The monoisotopic (exact) mass is 244 g/mol. The predicted molar refractivity (Wildman–Crippen MR) is 76.1 cm³/mol. The van der Waals surface area contributed by atoms with E-state index in [1.54, 1.807) is 0 Å². The van der Waals surface area contributed by atoms with E-state index in [2.05, 4.69) is 44.7 Å². The van der Waals surface area contributed by atoms with Crippen LogP contribution in [0.3, 0.4) is 0 Å². The maximum Gasteiger partial charge on any atom is 0.0406 e. The Morgan fingerprint density at radius 3 is 2.53 bits per heavy atom. The molecule has 0 saturated carbocycles. The first kappa shape index (κ1) is 12.2. The quantitative estimate of drug-likeness (QED) is 0.622. The van der Waals surface area contributed by atoms with E-state index in [0.717, 1.165) is 11.4 Å². The lowest BCUT2D eigenvalue weighted by Crippen LogP contribution is -2.03. The Balaban J connectivity index is 2.38. The molecule has 1 aromatic carbocycles. The van der Waals surface area contributed by atoms with Crippen LogP contribution < -0.4 is 0 Å². The van der Waals surface area contributed by atoms with E-state index >= 15 is 0 Å². The Morgan fingerprint density at radius 1 is 1.29 bits per heavy atom. The van der Waals surface area contributed by atoms with E-state index in [9.17, 15) is 0 Å². The molecule has 2 rings (SSSR count). The van der Waals surface area contributed by atoms with Gasteiger partial charge in [-0.2, -0.15) is 0 Å². The first-order valence-electron chi connectivity index (χ1n) is 5.88. The average Bonchev–Trinajstić information content (AvgIpc) is 2.31. The zero-order valence-electron chi connectivity index (χ0n) is 10.3. The number of benzene rings is 1. The molecular formula is C16H17Cl. The second-order valence-electron chi connectivity index (χ2n) is 4.66. The number of hydrogen-bond acceptors (Lipinski definition) is 0. The van der Waals surface area contributed by atoms with Crippen LogP contribution in [0.5, 0.6) is 0 Å². The Hall–Kier alpha value is -1.27. The Labute approximate surface area is 108 Å². The molecule has 0 amide bonds. The maximum absolute atomic E-state index is 5.92. The summed E-state index contributed by atoms with van der Waals surface area (Å²) in [5, 5.41) is 0.781. The minimum absolute atomic E-state index is 0.462. The van der Waals surface area contributed by atoms with Crippen molar-refractivity contribution in [2.75, 3.05) is 0 Å². The number of allylic oxidation sites excluding steroid dienone is 5. The van der Waals surface area contributed by atoms with Crippen molar-refractivity contribution < 1.29 is 0 Å². The zero-order chi connectivity index (χ0) is 12.4. The summed E-state index contributed by atoms with van der Waals surface area (Å²) < 4.78 is 0. The van der Waals surface area contributed by atoms with Crippen LogP contribution in [0.4, 0.5) is 0 Å². The van der Waals surface area contributed by atoms with Gasteiger partial charge < -0.3 is 0 Å². The second-order valence-corrected chi connectivity index (χ2v) is 5.10. The van der Waals surface area contributed by atoms with E-state index in [4.69, 9.17) is 11.6 Å². The molecule has 0 unspecified atom stereocenters. The summed E-state index contributed by atoms with van der Waals surface area (Å²) in [5.74, 6) is 0.462. The third-order valence-electron chi connectivity index (χ3n) is 3.26. The SMILES string of the molecule is C=C(C)[C@@H]1C=C(c2ccc(Cl)cc2)C(C)=CC1. The summed E-state index contributed by atoms with van der Waals surface area (Å²) in [7, 11) is 0. The highest BCUT2D eigenvalue weighted by atomic mass is 35.5. The van der Waals surface area contributed by atoms with Crippen LogP contribution in [0.1, 0.15) is 25.8 Å². The van der Waals surface area contributed by atoms with Crippen molar-refractivity contribution in [3.63, 3.8) is 0 Å². The summed E-state index contributed by atoms with van der Waals surface area (Å²) in [6.07, 6.45) is 5.68. The maximum atomic E-state index is 5.92. The summed E-state index contributed by atoms with van der Waals surface area (Å²) in [6, 6.07) is 8.03. The number of rotatable bonds is 2. The highest BCUT2D eigenvalue weighted by Crippen LogP contribution is 2.33. The third kappa shape index (κ3) is 2.70. The lowest BCUT2D eigenvalue weighted by atomic mass is 9.85. The van der Waals surface area contributed by atoms with Gasteiger partial charge in [-0.3, -0.25) is 0 Å². The average molecular weight is 245 g/mol. The Kier molecular flexibility index (Phi) is 3.54.